The molecule has 3 rings (SSSR count). The first-order chi connectivity index (χ1) is 5.57. The zero-order valence-corrected chi connectivity index (χ0v) is 8.38. The minimum atomic E-state index is 0.408. The monoisotopic (exact) mass is 168 g/mol. The summed E-state index contributed by atoms with van der Waals surface area (Å²) in [7, 11) is 0. The summed E-state index contributed by atoms with van der Waals surface area (Å²) in [6.07, 6.45) is 2.63. The first kappa shape index (κ1) is 8.55. The van der Waals surface area contributed by atoms with Gasteiger partial charge in [0.1, 0.15) is 0 Å². The van der Waals surface area contributed by atoms with Crippen molar-refractivity contribution in [1.82, 2.24) is 0 Å². The van der Waals surface area contributed by atoms with Crippen LogP contribution in [0.25, 0.3) is 0 Å². The van der Waals surface area contributed by atoms with E-state index in [1.807, 2.05) is 0 Å². The van der Waals surface area contributed by atoms with Crippen LogP contribution >= 0.6 is 0 Å². The van der Waals surface area contributed by atoms with Crippen molar-refractivity contribution in [3.05, 3.63) is 0 Å². The van der Waals surface area contributed by atoms with Crippen molar-refractivity contribution in [3.63, 3.8) is 0 Å². The molecule has 12 heavy (non-hydrogen) atoms. The summed E-state index contributed by atoms with van der Waals surface area (Å²) in [5.74, 6) is 3.18. The molecule has 0 aromatic heterocycles. The van der Waals surface area contributed by atoms with E-state index in [-0.39, 0.29) is 0 Å². The van der Waals surface area contributed by atoms with Crippen LogP contribution in [0.1, 0.15) is 33.6 Å². The number of fused-ring (bicyclic) bond motifs is 2. The van der Waals surface area contributed by atoms with Crippen LogP contribution in [0.2, 0.25) is 0 Å². The molecule has 3 aliphatic rings. The molecule has 1 nitrogen and oxygen atoms in total. The van der Waals surface area contributed by atoms with Crippen molar-refractivity contribution in [2.24, 2.45) is 29.1 Å². The van der Waals surface area contributed by atoms with E-state index in [4.69, 9.17) is 0 Å². The lowest BCUT2D eigenvalue weighted by Gasteiger charge is -2.62. The summed E-state index contributed by atoms with van der Waals surface area (Å²) in [4.78, 5) is 0. The predicted octanol–water partition coefficient (Wildman–Crippen LogP) is 2.30. The molecule has 0 aromatic rings. The molecule has 0 spiro atoms. The minimum Gasteiger partial charge on any atom is -0.396 e. The molecule has 1 N–H and O–H groups in total. The van der Waals surface area contributed by atoms with E-state index in [1.165, 1.54) is 12.8 Å². The van der Waals surface area contributed by atoms with Crippen molar-refractivity contribution in [3.8, 4) is 0 Å². The van der Waals surface area contributed by atoms with Gasteiger partial charge in [-0.1, -0.05) is 20.8 Å². The molecule has 3 fully saturated rings. The first-order valence-corrected chi connectivity index (χ1v) is 5.18. The van der Waals surface area contributed by atoms with Gasteiger partial charge in [0.05, 0.1) is 0 Å². The van der Waals surface area contributed by atoms with E-state index < -0.39 is 0 Å². The fraction of sp³-hybridized carbons (Fsp3) is 1.00. The van der Waals surface area contributed by atoms with Crippen LogP contribution in [0.4, 0.5) is 0 Å². The van der Waals surface area contributed by atoms with Crippen LogP contribution in [0, 0.1) is 29.1 Å². The van der Waals surface area contributed by atoms with Crippen LogP contribution in [0.5, 0.6) is 0 Å². The predicted molar refractivity (Wildman–Crippen MR) is 49.7 cm³/mol. The van der Waals surface area contributed by atoms with Gasteiger partial charge in [-0.2, -0.15) is 0 Å². The molecule has 0 radical (unpaired) electrons. The molecule has 4 atom stereocenters. The molecule has 0 amide bonds. The molecular weight excluding hydrogens is 148 g/mol. The molecule has 0 unspecified atom stereocenters. The number of hydrogen-bond acceptors (Lipinski definition) is 1. The lowest BCUT2D eigenvalue weighted by Crippen LogP contribution is -2.56. The van der Waals surface area contributed by atoms with Gasteiger partial charge >= 0.3 is 0 Å². The van der Waals surface area contributed by atoms with E-state index >= 15 is 0 Å². The zero-order valence-electron chi connectivity index (χ0n) is 8.38. The summed E-state index contributed by atoms with van der Waals surface area (Å²) in [5.41, 5.74) is 0.519. The average Bonchev–Trinajstić information content (AvgIpc) is 2.02. The van der Waals surface area contributed by atoms with Gasteiger partial charge in [-0.3, -0.25) is 0 Å². The zero-order chi connectivity index (χ0) is 8.93. The Morgan fingerprint density at radius 2 is 1.92 bits per heavy atom. The molecule has 1 heteroatoms. The van der Waals surface area contributed by atoms with Gasteiger partial charge in [-0.25, -0.2) is 0 Å². The van der Waals surface area contributed by atoms with E-state index in [0.29, 0.717) is 17.9 Å². The van der Waals surface area contributed by atoms with Crippen molar-refractivity contribution in [1.29, 1.82) is 0 Å². The van der Waals surface area contributed by atoms with Gasteiger partial charge in [-0.05, 0) is 41.9 Å². The second-order valence-corrected chi connectivity index (χ2v) is 5.43. The number of aliphatic hydroxyl groups excluding tert-OH is 1. The Bertz CT molecular complexity index is 185. The van der Waals surface area contributed by atoms with E-state index in [0.717, 1.165) is 17.8 Å². The molecule has 0 aliphatic heterocycles. The van der Waals surface area contributed by atoms with Crippen LogP contribution < -0.4 is 0 Å². The highest BCUT2D eigenvalue weighted by atomic mass is 16.3. The van der Waals surface area contributed by atoms with Gasteiger partial charge in [0.2, 0.25) is 0 Å². The molecule has 70 valence electrons. The summed E-state index contributed by atoms with van der Waals surface area (Å²) >= 11 is 0. The van der Waals surface area contributed by atoms with E-state index in [2.05, 4.69) is 20.8 Å². The molecular formula is C11H20O. The average molecular weight is 168 g/mol. The normalized spacial score (nSPS) is 50.0. The maximum absolute atomic E-state index is 9.24. The smallest absolute Gasteiger partial charge is 0.0462 e. The van der Waals surface area contributed by atoms with Crippen molar-refractivity contribution in [2.75, 3.05) is 6.61 Å². The Kier molecular flexibility index (Phi) is 1.76. The highest BCUT2D eigenvalue weighted by Gasteiger charge is 2.56. The molecule has 3 aliphatic carbocycles. The second-order valence-electron chi connectivity index (χ2n) is 5.43. The standard InChI is InChI=1S/C11H20O/c1-7-4-8(6-12)10-5-9(7)11(10,2)3/h7-10,12H,4-6H2,1-3H3/t7-,8+,9-,10+/m1/s1. The van der Waals surface area contributed by atoms with Gasteiger partial charge in [-0.15, -0.1) is 0 Å². The van der Waals surface area contributed by atoms with Crippen molar-refractivity contribution >= 4 is 0 Å². The maximum atomic E-state index is 9.24. The van der Waals surface area contributed by atoms with Crippen LogP contribution in [0.15, 0.2) is 0 Å². The Hall–Kier alpha value is -0.0400. The van der Waals surface area contributed by atoms with Crippen LogP contribution in [-0.2, 0) is 0 Å². The van der Waals surface area contributed by atoms with E-state index in [1.54, 1.807) is 0 Å². The topological polar surface area (TPSA) is 20.2 Å². The van der Waals surface area contributed by atoms with Gasteiger partial charge in [0, 0.05) is 6.61 Å². The quantitative estimate of drug-likeness (QED) is 0.637. The number of aliphatic hydroxyl groups is 1. The SMILES string of the molecule is C[C@@H]1C[C@@H](CO)[C@@H]2C[C@H]1C2(C)C. The summed E-state index contributed by atoms with van der Waals surface area (Å²) < 4.78 is 0. The third kappa shape index (κ3) is 0.891. The lowest BCUT2D eigenvalue weighted by atomic mass is 9.43. The van der Waals surface area contributed by atoms with Gasteiger partial charge in [0.15, 0.2) is 0 Å². The van der Waals surface area contributed by atoms with Crippen molar-refractivity contribution < 1.29 is 5.11 Å². The Labute approximate surface area is 75.2 Å². The molecule has 2 bridgehead atoms. The largest absolute Gasteiger partial charge is 0.396 e. The van der Waals surface area contributed by atoms with Gasteiger partial charge < -0.3 is 5.11 Å². The maximum Gasteiger partial charge on any atom is 0.0462 e. The summed E-state index contributed by atoms with van der Waals surface area (Å²) in [6, 6.07) is 0. The highest BCUT2D eigenvalue weighted by molar-refractivity contribution is 5.05. The van der Waals surface area contributed by atoms with Gasteiger partial charge in [0.25, 0.3) is 0 Å². The van der Waals surface area contributed by atoms with Crippen molar-refractivity contribution in [2.45, 2.75) is 33.6 Å². The minimum absolute atomic E-state index is 0.408. The summed E-state index contributed by atoms with van der Waals surface area (Å²) in [6.45, 7) is 7.52. The molecule has 0 saturated heterocycles. The molecule has 0 aromatic carbocycles. The molecule has 0 heterocycles. The molecule has 3 saturated carbocycles. The third-order valence-electron chi connectivity index (χ3n) is 4.58. The Morgan fingerprint density at radius 3 is 2.33 bits per heavy atom. The fourth-order valence-electron chi connectivity index (χ4n) is 3.77. The summed E-state index contributed by atoms with van der Waals surface area (Å²) in [5, 5.41) is 9.24. The second kappa shape index (κ2) is 2.47. The van der Waals surface area contributed by atoms with Crippen LogP contribution in [0.3, 0.4) is 0 Å². The van der Waals surface area contributed by atoms with Crippen LogP contribution in [-0.4, -0.2) is 11.7 Å². The number of hydrogen-bond donors (Lipinski definition) is 1. The Balaban J connectivity index is 2.16. The van der Waals surface area contributed by atoms with E-state index in [9.17, 15) is 5.11 Å². The Morgan fingerprint density at radius 1 is 1.25 bits per heavy atom. The first-order valence-electron chi connectivity index (χ1n) is 5.18. The number of rotatable bonds is 1. The highest BCUT2D eigenvalue weighted by Crippen LogP contribution is 2.63. The lowest BCUT2D eigenvalue weighted by molar-refractivity contribution is -0.146. The fourth-order valence-corrected chi connectivity index (χ4v) is 3.77. The third-order valence-corrected chi connectivity index (χ3v) is 4.58.